The van der Waals surface area contributed by atoms with Gasteiger partial charge in [-0.05, 0) is 37.5 Å². The molecule has 2 fully saturated rings. The minimum absolute atomic E-state index is 0.140. The summed E-state index contributed by atoms with van der Waals surface area (Å²) in [6.45, 7) is 5.00. The van der Waals surface area contributed by atoms with Crippen LogP contribution in [-0.4, -0.2) is 58.1 Å². The third-order valence-corrected chi connectivity index (χ3v) is 5.51. The molecule has 1 atom stereocenters. The maximum atomic E-state index is 12.3. The first kappa shape index (κ1) is 16.6. The number of hydrogen-bond acceptors (Lipinski definition) is 6. The third kappa shape index (κ3) is 3.25. The summed E-state index contributed by atoms with van der Waals surface area (Å²) in [5.41, 5.74) is 1.59. The topological polar surface area (TPSA) is 81.5 Å². The van der Waals surface area contributed by atoms with Crippen LogP contribution in [0.1, 0.15) is 47.9 Å². The molecule has 1 aliphatic carbocycles. The summed E-state index contributed by atoms with van der Waals surface area (Å²) in [6, 6.07) is 6.95. The van der Waals surface area contributed by atoms with E-state index < -0.39 is 0 Å². The molecule has 2 aliphatic heterocycles. The fourth-order valence-electron chi connectivity index (χ4n) is 3.61. The van der Waals surface area contributed by atoms with Crippen molar-refractivity contribution in [2.24, 2.45) is 0 Å². The fraction of sp³-hybridized carbons (Fsp3) is 0.526. The van der Waals surface area contributed by atoms with Crippen molar-refractivity contribution in [2.75, 3.05) is 26.3 Å². The van der Waals surface area contributed by atoms with Crippen LogP contribution in [0.2, 0.25) is 0 Å². The van der Waals surface area contributed by atoms with Gasteiger partial charge in [0, 0.05) is 19.1 Å². The van der Waals surface area contributed by atoms with Crippen molar-refractivity contribution in [3.63, 3.8) is 0 Å². The van der Waals surface area contributed by atoms with Crippen molar-refractivity contribution >= 4 is 5.91 Å². The predicted octanol–water partition coefficient (Wildman–Crippen LogP) is 1.56. The van der Waals surface area contributed by atoms with E-state index in [1.807, 2.05) is 6.07 Å². The Morgan fingerprint density at radius 3 is 2.78 bits per heavy atom. The molecular weight excluding hydrogens is 346 g/mol. The number of carbonyl (C=O) groups is 1. The number of benzene rings is 1. The highest BCUT2D eigenvalue weighted by Crippen LogP contribution is 2.35. The Hall–Kier alpha value is -2.61. The molecule has 1 N–H and O–H groups in total. The van der Waals surface area contributed by atoms with E-state index in [2.05, 4.69) is 39.6 Å². The van der Waals surface area contributed by atoms with Gasteiger partial charge in [-0.2, -0.15) is 0 Å². The Morgan fingerprint density at radius 1 is 1.22 bits per heavy atom. The van der Waals surface area contributed by atoms with Gasteiger partial charge < -0.3 is 14.8 Å². The number of nitrogens with zero attached hydrogens (tertiary/aromatic N) is 4. The molecule has 1 aromatic carbocycles. The Kier molecular flexibility index (Phi) is 4.00. The smallest absolute Gasteiger partial charge is 0.273 e. The van der Waals surface area contributed by atoms with Crippen LogP contribution in [0.25, 0.3) is 0 Å². The van der Waals surface area contributed by atoms with Crippen LogP contribution < -0.4 is 14.8 Å². The van der Waals surface area contributed by atoms with Crippen LogP contribution in [0, 0.1) is 0 Å². The lowest BCUT2D eigenvalue weighted by molar-refractivity contribution is 0.0670. The predicted molar refractivity (Wildman–Crippen MR) is 97.0 cm³/mol. The second kappa shape index (κ2) is 6.53. The first-order chi connectivity index (χ1) is 13.2. The summed E-state index contributed by atoms with van der Waals surface area (Å²) in [5, 5.41) is 11.1. The van der Waals surface area contributed by atoms with E-state index in [0.29, 0.717) is 24.9 Å². The Bertz CT molecular complexity index is 857. The monoisotopic (exact) mass is 369 g/mol. The highest BCUT2D eigenvalue weighted by atomic mass is 16.6. The van der Waals surface area contributed by atoms with Crippen LogP contribution in [0.15, 0.2) is 24.4 Å². The Morgan fingerprint density at radius 2 is 2.00 bits per heavy atom. The maximum absolute atomic E-state index is 12.3. The van der Waals surface area contributed by atoms with Crippen molar-refractivity contribution in [2.45, 2.75) is 37.9 Å². The molecule has 1 aromatic heterocycles. The molecule has 1 amide bonds. The molecule has 8 heteroatoms. The van der Waals surface area contributed by atoms with E-state index >= 15 is 0 Å². The minimum Gasteiger partial charge on any atom is -0.486 e. The van der Waals surface area contributed by atoms with E-state index in [0.717, 1.165) is 37.4 Å². The summed E-state index contributed by atoms with van der Waals surface area (Å²) < 4.78 is 13.1. The lowest BCUT2D eigenvalue weighted by atomic mass is 10.00. The average molecular weight is 369 g/mol. The third-order valence-electron chi connectivity index (χ3n) is 5.51. The minimum atomic E-state index is -0.140. The van der Waals surface area contributed by atoms with Gasteiger partial charge in [0.1, 0.15) is 13.2 Å². The van der Waals surface area contributed by atoms with E-state index in [4.69, 9.17) is 9.47 Å². The summed E-state index contributed by atoms with van der Waals surface area (Å²) >= 11 is 0. The van der Waals surface area contributed by atoms with Crippen molar-refractivity contribution in [1.82, 2.24) is 25.2 Å². The van der Waals surface area contributed by atoms with Gasteiger partial charge in [0.2, 0.25) is 0 Å². The number of fused-ring (bicyclic) bond motifs is 1. The number of nitrogens with one attached hydrogen (secondary N) is 1. The summed E-state index contributed by atoms with van der Waals surface area (Å²) in [5.74, 6) is 1.48. The second-order valence-electron chi connectivity index (χ2n) is 7.52. The number of amides is 1. The highest BCUT2D eigenvalue weighted by Gasteiger charge is 2.33. The first-order valence-corrected chi connectivity index (χ1v) is 9.53. The lowest BCUT2D eigenvalue weighted by Gasteiger charge is -2.43. The summed E-state index contributed by atoms with van der Waals surface area (Å²) in [4.78, 5) is 14.7. The van der Waals surface area contributed by atoms with Crippen LogP contribution in [0.4, 0.5) is 0 Å². The van der Waals surface area contributed by atoms with Gasteiger partial charge >= 0.3 is 0 Å². The first-order valence-electron chi connectivity index (χ1n) is 9.53. The van der Waals surface area contributed by atoms with Crippen LogP contribution >= 0.6 is 0 Å². The molecule has 0 radical (unpaired) electrons. The molecule has 0 bridgehead atoms. The number of carbonyl (C=O) groups excluding carboxylic acids is 1. The molecule has 1 unspecified atom stereocenters. The number of hydrogen-bond donors (Lipinski definition) is 1. The van der Waals surface area contributed by atoms with Crippen molar-refractivity contribution in [3.8, 4) is 11.5 Å². The highest BCUT2D eigenvalue weighted by molar-refractivity contribution is 5.92. The molecule has 2 aromatic rings. The van der Waals surface area contributed by atoms with E-state index in [-0.39, 0.29) is 18.0 Å². The standard InChI is InChI=1S/C19H23N5O3/c1-12(13-2-5-17-18(8-13)27-7-6-26-17)23-9-14(10-23)20-19(25)16-11-24(22-21-16)15-3-4-15/h2,5,8,11-12,14-15H,3-4,6-7,9-10H2,1H3,(H,20,25). The molecule has 0 spiro atoms. The average Bonchev–Trinajstić information content (AvgIpc) is 3.40. The number of ether oxygens (including phenoxy) is 2. The molecule has 142 valence electrons. The lowest BCUT2D eigenvalue weighted by Crippen LogP contribution is -2.59. The molecule has 27 heavy (non-hydrogen) atoms. The van der Waals surface area contributed by atoms with E-state index in [9.17, 15) is 4.79 Å². The van der Waals surface area contributed by atoms with Gasteiger partial charge in [0.25, 0.3) is 5.91 Å². The zero-order valence-corrected chi connectivity index (χ0v) is 15.3. The van der Waals surface area contributed by atoms with Gasteiger partial charge in [0.15, 0.2) is 17.2 Å². The van der Waals surface area contributed by atoms with Gasteiger partial charge in [-0.25, -0.2) is 4.68 Å². The maximum Gasteiger partial charge on any atom is 0.273 e. The van der Waals surface area contributed by atoms with Crippen LogP contribution in [0.5, 0.6) is 11.5 Å². The molecule has 5 rings (SSSR count). The zero-order valence-electron chi connectivity index (χ0n) is 15.3. The van der Waals surface area contributed by atoms with Gasteiger partial charge in [0.05, 0.1) is 18.3 Å². The SMILES string of the molecule is CC(c1ccc2c(c1)OCCO2)N1CC(NC(=O)c2cn(C3CC3)nn2)C1. The number of likely N-dealkylation sites (tertiary alicyclic amines) is 1. The second-order valence-corrected chi connectivity index (χ2v) is 7.52. The fourth-order valence-corrected chi connectivity index (χ4v) is 3.61. The quantitative estimate of drug-likeness (QED) is 0.861. The number of rotatable bonds is 5. The normalized spacial score (nSPS) is 20.8. The van der Waals surface area contributed by atoms with E-state index in [1.165, 1.54) is 5.56 Å². The summed E-state index contributed by atoms with van der Waals surface area (Å²) in [6.07, 6.45) is 4.00. The van der Waals surface area contributed by atoms with Crippen LogP contribution in [-0.2, 0) is 0 Å². The largest absolute Gasteiger partial charge is 0.486 e. The molecular formula is C19H23N5O3. The molecule has 3 aliphatic rings. The van der Waals surface area contributed by atoms with Crippen molar-refractivity contribution in [1.29, 1.82) is 0 Å². The Labute approximate surface area is 157 Å². The number of aromatic nitrogens is 3. The molecule has 1 saturated carbocycles. The molecule has 8 nitrogen and oxygen atoms in total. The summed E-state index contributed by atoms with van der Waals surface area (Å²) in [7, 11) is 0. The zero-order chi connectivity index (χ0) is 18.4. The van der Waals surface area contributed by atoms with Gasteiger partial charge in [-0.3, -0.25) is 9.69 Å². The van der Waals surface area contributed by atoms with Gasteiger partial charge in [-0.15, -0.1) is 5.10 Å². The van der Waals surface area contributed by atoms with Crippen molar-refractivity contribution < 1.29 is 14.3 Å². The van der Waals surface area contributed by atoms with Crippen molar-refractivity contribution in [3.05, 3.63) is 35.7 Å². The molecule has 3 heterocycles. The van der Waals surface area contributed by atoms with Crippen LogP contribution in [0.3, 0.4) is 0 Å². The Balaban J connectivity index is 1.16. The van der Waals surface area contributed by atoms with Gasteiger partial charge in [-0.1, -0.05) is 11.3 Å². The van der Waals surface area contributed by atoms with E-state index in [1.54, 1.807) is 10.9 Å². The molecule has 1 saturated heterocycles.